The molecule has 2 aliphatic rings. The molecule has 1 amide bonds. The van der Waals surface area contributed by atoms with Crippen LogP contribution in [0, 0.1) is 5.92 Å². The standard InChI is InChI=1S/C28H41NO6/c1-6-21-17-20(11-12-24(21)33-16-15-29(5)26(32)35-27(2,3)4)13-14-28(22-9-7-8-10-22)19-23(30)18-25(31)34-28/h11-12,17,22H,6-10,13-16,18-19H2,1-5H3. The number of Topliss-reactive ketones (excluding diaryl/α,β-unsaturated/α-hetero) is 1. The second kappa shape index (κ2) is 11.4. The Morgan fingerprint density at radius 2 is 1.91 bits per heavy atom. The summed E-state index contributed by atoms with van der Waals surface area (Å²) in [7, 11) is 1.70. The van der Waals surface area contributed by atoms with Crippen LogP contribution in [0.4, 0.5) is 4.79 Å². The number of ether oxygens (including phenoxy) is 3. The number of cyclic esters (lactones) is 1. The van der Waals surface area contributed by atoms with Gasteiger partial charge in [-0.15, -0.1) is 0 Å². The maximum atomic E-state index is 12.3. The van der Waals surface area contributed by atoms with Gasteiger partial charge in [0, 0.05) is 13.5 Å². The quantitative estimate of drug-likeness (QED) is 0.349. The van der Waals surface area contributed by atoms with Gasteiger partial charge >= 0.3 is 12.1 Å². The van der Waals surface area contributed by atoms with Crippen LogP contribution in [-0.2, 0) is 31.9 Å². The highest BCUT2D eigenvalue weighted by molar-refractivity contribution is 5.98. The third kappa shape index (κ3) is 7.45. The number of nitrogens with zero attached hydrogens (tertiary/aromatic N) is 1. The van der Waals surface area contributed by atoms with Crippen LogP contribution >= 0.6 is 0 Å². The fourth-order valence-corrected chi connectivity index (χ4v) is 5.16. The van der Waals surface area contributed by atoms with E-state index in [9.17, 15) is 14.4 Å². The lowest BCUT2D eigenvalue weighted by atomic mass is 9.76. The first-order valence-electron chi connectivity index (χ1n) is 12.9. The molecule has 7 nitrogen and oxygen atoms in total. The van der Waals surface area contributed by atoms with Gasteiger partial charge in [-0.05, 0) is 76.0 Å². The van der Waals surface area contributed by atoms with Crippen LogP contribution in [0.2, 0.25) is 0 Å². The molecule has 0 bridgehead atoms. The molecule has 1 aromatic carbocycles. The lowest BCUT2D eigenvalue weighted by Gasteiger charge is -2.41. The molecule has 35 heavy (non-hydrogen) atoms. The molecule has 1 aliphatic heterocycles. The van der Waals surface area contributed by atoms with Crippen molar-refractivity contribution < 1.29 is 28.6 Å². The summed E-state index contributed by atoms with van der Waals surface area (Å²) in [6.45, 7) is 8.40. The minimum atomic E-state index is -0.656. The normalized spacial score (nSPS) is 21.1. The fourth-order valence-electron chi connectivity index (χ4n) is 5.16. The Morgan fingerprint density at radius 1 is 1.20 bits per heavy atom. The van der Waals surface area contributed by atoms with E-state index in [0.29, 0.717) is 26.0 Å². The Bertz CT molecular complexity index is 897. The van der Waals surface area contributed by atoms with Gasteiger partial charge in [0.2, 0.25) is 0 Å². The average molecular weight is 488 g/mol. The highest BCUT2D eigenvalue weighted by Gasteiger charge is 2.47. The summed E-state index contributed by atoms with van der Waals surface area (Å²) in [5.74, 6) is 0.703. The predicted molar refractivity (Wildman–Crippen MR) is 134 cm³/mol. The van der Waals surface area contributed by atoms with Gasteiger partial charge in [0.15, 0.2) is 0 Å². The summed E-state index contributed by atoms with van der Waals surface area (Å²) >= 11 is 0. The molecule has 0 radical (unpaired) electrons. The maximum Gasteiger partial charge on any atom is 0.410 e. The molecule has 0 spiro atoms. The van der Waals surface area contributed by atoms with E-state index in [1.165, 1.54) is 4.90 Å². The minimum Gasteiger partial charge on any atom is -0.491 e. The number of aryl methyl sites for hydroxylation is 2. The zero-order valence-electron chi connectivity index (χ0n) is 22.0. The van der Waals surface area contributed by atoms with Crippen molar-refractivity contribution in [1.29, 1.82) is 0 Å². The van der Waals surface area contributed by atoms with Crippen LogP contribution in [0.15, 0.2) is 18.2 Å². The fraction of sp³-hybridized carbons (Fsp3) is 0.679. The monoisotopic (exact) mass is 487 g/mol. The molecule has 3 rings (SSSR count). The van der Waals surface area contributed by atoms with Gasteiger partial charge in [0.1, 0.15) is 35.8 Å². The van der Waals surface area contributed by atoms with Crippen LogP contribution in [-0.4, -0.2) is 54.1 Å². The second-order valence-electron chi connectivity index (χ2n) is 11.0. The lowest BCUT2D eigenvalue weighted by Crippen LogP contribution is -2.48. The Balaban J connectivity index is 1.60. The van der Waals surface area contributed by atoms with E-state index >= 15 is 0 Å². The topological polar surface area (TPSA) is 82.1 Å². The first-order valence-corrected chi connectivity index (χ1v) is 12.9. The number of carbonyl (C=O) groups is 3. The summed E-state index contributed by atoms with van der Waals surface area (Å²) in [6.07, 6.45) is 6.40. The number of esters is 1. The first kappa shape index (κ1) is 27.0. The first-order chi connectivity index (χ1) is 16.5. The van der Waals surface area contributed by atoms with E-state index in [1.807, 2.05) is 32.9 Å². The Hall–Kier alpha value is -2.57. The number of hydrogen-bond donors (Lipinski definition) is 0. The molecule has 1 aromatic rings. The number of benzene rings is 1. The molecule has 1 heterocycles. The van der Waals surface area contributed by atoms with Crippen LogP contribution in [0.1, 0.15) is 83.8 Å². The van der Waals surface area contributed by atoms with Crippen molar-refractivity contribution in [2.24, 2.45) is 5.92 Å². The number of hydrogen-bond acceptors (Lipinski definition) is 6. The van der Waals surface area contributed by atoms with Gasteiger partial charge in [-0.1, -0.05) is 31.9 Å². The van der Waals surface area contributed by atoms with Crippen LogP contribution in [0.3, 0.4) is 0 Å². The zero-order chi connectivity index (χ0) is 25.6. The smallest absolute Gasteiger partial charge is 0.410 e. The summed E-state index contributed by atoms with van der Waals surface area (Å²) in [6, 6.07) is 6.16. The zero-order valence-corrected chi connectivity index (χ0v) is 22.0. The highest BCUT2D eigenvalue weighted by Crippen LogP contribution is 2.44. The predicted octanol–water partition coefficient (Wildman–Crippen LogP) is 5.26. The van der Waals surface area contributed by atoms with Crippen LogP contribution in [0.5, 0.6) is 5.75 Å². The molecular weight excluding hydrogens is 446 g/mol. The second-order valence-corrected chi connectivity index (χ2v) is 11.0. The molecule has 0 N–H and O–H groups in total. The number of rotatable bonds is 9. The number of ketones is 1. The Kier molecular flexibility index (Phi) is 8.84. The third-order valence-electron chi connectivity index (χ3n) is 6.99. The molecule has 0 aromatic heterocycles. The van der Waals surface area contributed by atoms with Crippen molar-refractivity contribution in [3.8, 4) is 5.75 Å². The van der Waals surface area contributed by atoms with Crippen molar-refractivity contribution in [2.75, 3.05) is 20.2 Å². The van der Waals surface area contributed by atoms with E-state index in [-0.39, 0.29) is 30.2 Å². The Morgan fingerprint density at radius 3 is 2.54 bits per heavy atom. The van der Waals surface area contributed by atoms with Crippen molar-refractivity contribution in [2.45, 2.75) is 96.7 Å². The number of amides is 1. The van der Waals surface area contributed by atoms with Gasteiger partial charge in [-0.2, -0.15) is 0 Å². The average Bonchev–Trinajstić information content (AvgIpc) is 3.32. The van der Waals surface area contributed by atoms with E-state index in [4.69, 9.17) is 14.2 Å². The van der Waals surface area contributed by atoms with Crippen molar-refractivity contribution in [3.63, 3.8) is 0 Å². The van der Waals surface area contributed by atoms with Gasteiger partial charge in [0.05, 0.1) is 6.54 Å². The SMILES string of the molecule is CCc1cc(CCC2(C3CCCC3)CC(=O)CC(=O)O2)ccc1OCCN(C)C(=O)OC(C)(C)C. The van der Waals surface area contributed by atoms with E-state index in [0.717, 1.165) is 55.4 Å². The van der Waals surface area contributed by atoms with Crippen molar-refractivity contribution in [1.82, 2.24) is 4.90 Å². The minimum absolute atomic E-state index is 0.00231. The molecule has 194 valence electrons. The molecule has 7 heteroatoms. The largest absolute Gasteiger partial charge is 0.491 e. The van der Waals surface area contributed by atoms with E-state index in [2.05, 4.69) is 13.0 Å². The summed E-state index contributed by atoms with van der Waals surface area (Å²) in [5, 5.41) is 0. The summed E-state index contributed by atoms with van der Waals surface area (Å²) in [4.78, 5) is 38.1. The molecule has 1 aliphatic carbocycles. The molecular formula is C28H41NO6. The third-order valence-corrected chi connectivity index (χ3v) is 6.99. The van der Waals surface area contributed by atoms with Crippen LogP contribution in [0.25, 0.3) is 0 Å². The molecule has 1 saturated carbocycles. The number of likely N-dealkylation sites (N-methyl/N-ethyl adjacent to an activating group) is 1. The lowest BCUT2D eigenvalue weighted by molar-refractivity contribution is -0.178. The van der Waals surface area contributed by atoms with E-state index in [1.54, 1.807) is 7.05 Å². The van der Waals surface area contributed by atoms with Gasteiger partial charge in [-0.3, -0.25) is 9.59 Å². The molecule has 2 fully saturated rings. The molecule has 1 saturated heterocycles. The number of carbonyl (C=O) groups excluding carboxylic acids is 3. The van der Waals surface area contributed by atoms with Gasteiger partial charge < -0.3 is 19.1 Å². The Labute approximate surface area is 209 Å². The van der Waals surface area contributed by atoms with Crippen molar-refractivity contribution in [3.05, 3.63) is 29.3 Å². The van der Waals surface area contributed by atoms with Crippen molar-refractivity contribution >= 4 is 17.8 Å². The molecule has 1 unspecified atom stereocenters. The van der Waals surface area contributed by atoms with Gasteiger partial charge in [-0.25, -0.2) is 4.79 Å². The van der Waals surface area contributed by atoms with Gasteiger partial charge in [0.25, 0.3) is 0 Å². The van der Waals surface area contributed by atoms with Crippen LogP contribution < -0.4 is 4.74 Å². The summed E-state index contributed by atoms with van der Waals surface area (Å²) in [5.41, 5.74) is 1.05. The maximum absolute atomic E-state index is 12.3. The van der Waals surface area contributed by atoms with E-state index < -0.39 is 11.2 Å². The highest BCUT2D eigenvalue weighted by atomic mass is 16.6. The molecule has 1 atom stereocenters. The summed E-state index contributed by atoms with van der Waals surface area (Å²) < 4.78 is 17.3.